The predicted molar refractivity (Wildman–Crippen MR) is 85.5 cm³/mol. The average molecular weight is 292 g/mol. The number of pyridine rings is 1. The molecule has 0 saturated carbocycles. The quantitative estimate of drug-likeness (QED) is 0.589. The van der Waals surface area contributed by atoms with E-state index in [9.17, 15) is 4.39 Å². The largest absolute Gasteiger partial charge is 0.212 e. The van der Waals surface area contributed by atoms with Crippen molar-refractivity contribution in [3.63, 3.8) is 0 Å². The van der Waals surface area contributed by atoms with Crippen LogP contribution < -0.4 is 9.75 Å². The summed E-state index contributed by atoms with van der Waals surface area (Å²) in [7, 11) is 0.220. The van der Waals surface area contributed by atoms with Crippen LogP contribution in [0.1, 0.15) is 16.6 Å². The summed E-state index contributed by atoms with van der Waals surface area (Å²) in [6.45, 7) is 5.82. The topological polar surface area (TPSA) is 3.88 Å². The van der Waals surface area contributed by atoms with Crippen LogP contribution in [0.5, 0.6) is 0 Å². The maximum absolute atomic E-state index is 14.3. The molecular weight excluding hydrogens is 265 g/mol. The molecule has 20 heavy (non-hydrogen) atoms. The number of nitrogens with zero attached hydrogens (tertiary/aromatic N) is 1. The van der Waals surface area contributed by atoms with E-state index in [1.54, 1.807) is 13.0 Å². The minimum Gasteiger partial charge on any atom is -0.207 e. The van der Waals surface area contributed by atoms with Crippen LogP contribution in [0.3, 0.4) is 0 Å². The van der Waals surface area contributed by atoms with E-state index in [1.807, 2.05) is 17.8 Å². The molecule has 2 rings (SSSR count). The minimum atomic E-state index is -2.47. The lowest BCUT2D eigenvalue weighted by molar-refractivity contribution is -0.659. The molecule has 0 N–H and O–H groups in total. The van der Waals surface area contributed by atoms with E-state index in [1.165, 1.54) is 12.1 Å². The third-order valence-corrected chi connectivity index (χ3v) is 5.35. The summed E-state index contributed by atoms with van der Waals surface area (Å²) in [6, 6.07) is 4.83. The maximum Gasteiger partial charge on any atom is 0.212 e. The number of hydrogen-bond acceptors (Lipinski definition) is 0. The second-order valence-electron chi connectivity index (χ2n) is 6.22. The van der Waals surface area contributed by atoms with E-state index in [0.717, 1.165) is 5.19 Å². The highest BCUT2D eigenvalue weighted by Crippen LogP contribution is 2.23. The van der Waals surface area contributed by atoms with Crippen molar-refractivity contribution in [3.05, 3.63) is 47.4 Å². The van der Waals surface area contributed by atoms with E-state index in [-0.39, 0.29) is 5.56 Å². The Morgan fingerprint density at radius 2 is 1.95 bits per heavy atom. The maximum atomic E-state index is 14.3. The van der Waals surface area contributed by atoms with Gasteiger partial charge in [-0.3, -0.25) is 0 Å². The van der Waals surface area contributed by atoms with Crippen molar-refractivity contribution in [2.24, 2.45) is 7.05 Å². The smallest absolute Gasteiger partial charge is 0.207 e. The molecule has 0 aliphatic heterocycles. The van der Waals surface area contributed by atoms with Crippen LogP contribution in [0.2, 0.25) is 19.6 Å². The third kappa shape index (κ3) is 2.83. The second-order valence-corrected chi connectivity index (χ2v) is 11.3. The van der Waals surface area contributed by atoms with Gasteiger partial charge in [-0.1, -0.05) is 31.7 Å². The zero-order chi connectivity index (χ0) is 18.4. The lowest BCUT2D eigenvalue weighted by Crippen LogP contribution is -2.45. The molecule has 1 nitrogen and oxygen atoms in total. The number of halogens is 1. The highest BCUT2D eigenvalue weighted by molar-refractivity contribution is 6.88. The van der Waals surface area contributed by atoms with Crippen molar-refractivity contribution in [2.45, 2.75) is 33.4 Å². The molecule has 0 spiro atoms. The summed E-state index contributed by atoms with van der Waals surface area (Å²) in [4.78, 5) is 0. The molecule has 0 saturated heterocycles. The standard InChI is InChI=1S/C17H23FNSi/c1-12-9-13(2)16(18)10-15(12)17-8-7-14(11-19(17)3)20(4,5)6/h7-11H,1-6H3/q+1/i2D3,7D. The van der Waals surface area contributed by atoms with Crippen LogP contribution in [-0.4, -0.2) is 8.07 Å². The van der Waals surface area contributed by atoms with E-state index < -0.39 is 20.7 Å². The van der Waals surface area contributed by atoms with Gasteiger partial charge in [-0.15, -0.1) is 0 Å². The molecule has 0 bridgehead atoms. The Morgan fingerprint density at radius 3 is 2.55 bits per heavy atom. The van der Waals surface area contributed by atoms with E-state index in [4.69, 9.17) is 5.48 Å². The Labute approximate surface area is 127 Å². The van der Waals surface area contributed by atoms with Crippen LogP contribution in [0.25, 0.3) is 11.3 Å². The van der Waals surface area contributed by atoms with Gasteiger partial charge in [0.2, 0.25) is 5.69 Å². The van der Waals surface area contributed by atoms with Crippen molar-refractivity contribution in [1.82, 2.24) is 0 Å². The van der Waals surface area contributed by atoms with Crippen LogP contribution in [0.4, 0.5) is 4.39 Å². The van der Waals surface area contributed by atoms with Crippen molar-refractivity contribution in [1.29, 1.82) is 0 Å². The molecule has 1 aromatic carbocycles. The molecule has 0 radical (unpaired) electrons. The van der Waals surface area contributed by atoms with Gasteiger partial charge in [0.05, 0.1) is 15.0 Å². The molecule has 0 aliphatic carbocycles. The fourth-order valence-corrected chi connectivity index (χ4v) is 3.27. The molecule has 0 fully saturated rings. The van der Waals surface area contributed by atoms with Gasteiger partial charge in [0.1, 0.15) is 12.9 Å². The summed E-state index contributed by atoms with van der Waals surface area (Å²) in [5.41, 5.74) is 1.73. The molecule has 1 heterocycles. The Balaban J connectivity index is 2.66. The Bertz CT molecular complexity index is 727. The fraction of sp³-hybridized carbons (Fsp3) is 0.353. The van der Waals surface area contributed by atoms with Gasteiger partial charge in [-0.2, -0.15) is 0 Å². The molecule has 0 unspecified atom stereocenters. The van der Waals surface area contributed by atoms with Gasteiger partial charge in [0, 0.05) is 15.4 Å². The molecule has 106 valence electrons. The summed E-state index contributed by atoms with van der Waals surface area (Å²) < 4.78 is 46.8. The first-order valence-electron chi connectivity index (χ1n) is 8.64. The number of aromatic nitrogens is 1. The highest BCUT2D eigenvalue weighted by Gasteiger charge is 2.22. The monoisotopic (exact) mass is 292 g/mol. The summed E-state index contributed by atoms with van der Waals surface area (Å²) in [6.07, 6.45) is 1.94. The normalized spacial score (nSPS) is 15.3. The minimum absolute atomic E-state index is 0.267. The van der Waals surface area contributed by atoms with Gasteiger partial charge in [0.15, 0.2) is 6.20 Å². The zero-order valence-electron chi connectivity index (χ0n) is 16.6. The van der Waals surface area contributed by atoms with Gasteiger partial charge >= 0.3 is 0 Å². The number of benzene rings is 1. The Hall–Kier alpha value is -1.48. The summed E-state index contributed by atoms with van der Waals surface area (Å²) in [5.74, 6) is -0.739. The lowest BCUT2D eigenvalue weighted by Gasteiger charge is -2.15. The second kappa shape index (κ2) is 5.13. The van der Waals surface area contributed by atoms with Crippen LogP contribution in [-0.2, 0) is 7.05 Å². The molecule has 3 heteroatoms. The van der Waals surface area contributed by atoms with Crippen molar-refractivity contribution in [2.75, 3.05) is 0 Å². The molecule has 1 aromatic heterocycles. The molecule has 0 amide bonds. The first-order chi connectivity index (χ1) is 10.8. The zero-order valence-corrected chi connectivity index (χ0v) is 13.6. The molecular formula is C17H23FNSi+. The summed E-state index contributed by atoms with van der Waals surface area (Å²) in [5, 5.41) is 1.03. The van der Waals surface area contributed by atoms with Crippen molar-refractivity contribution in [3.8, 4) is 11.3 Å². The predicted octanol–water partition coefficient (Wildman–Crippen LogP) is 3.48. The fourth-order valence-electron chi connectivity index (χ4n) is 2.18. The molecule has 0 atom stereocenters. The molecule has 0 aliphatic rings. The van der Waals surface area contributed by atoms with Gasteiger partial charge < -0.3 is 0 Å². The highest BCUT2D eigenvalue weighted by atomic mass is 28.3. The van der Waals surface area contributed by atoms with Crippen LogP contribution in [0.15, 0.2) is 30.4 Å². The Morgan fingerprint density at radius 1 is 1.25 bits per heavy atom. The van der Waals surface area contributed by atoms with Crippen molar-refractivity contribution < 1.29 is 14.4 Å². The third-order valence-electron chi connectivity index (χ3n) is 3.47. The van der Waals surface area contributed by atoms with Gasteiger partial charge in [-0.05, 0) is 31.0 Å². The average Bonchev–Trinajstić information content (AvgIpc) is 2.41. The number of hydrogen-bond donors (Lipinski definition) is 0. The first kappa shape index (κ1) is 10.3. The van der Waals surface area contributed by atoms with Crippen LogP contribution in [0, 0.1) is 19.6 Å². The lowest BCUT2D eigenvalue weighted by atomic mass is 10.0. The number of aryl methyl sites for hydroxylation is 3. The van der Waals surface area contributed by atoms with Gasteiger partial charge in [0.25, 0.3) is 0 Å². The number of rotatable bonds is 2. The van der Waals surface area contributed by atoms with E-state index in [0.29, 0.717) is 22.9 Å². The van der Waals surface area contributed by atoms with E-state index in [2.05, 4.69) is 19.6 Å². The van der Waals surface area contributed by atoms with Crippen molar-refractivity contribution >= 4 is 13.3 Å². The first-order valence-corrected chi connectivity index (χ1v) is 10.1. The molecule has 2 aromatic rings. The summed E-state index contributed by atoms with van der Waals surface area (Å²) >= 11 is 0. The van der Waals surface area contributed by atoms with Gasteiger partial charge in [-0.25, -0.2) is 8.96 Å². The van der Waals surface area contributed by atoms with E-state index >= 15 is 0 Å². The van der Waals surface area contributed by atoms with Crippen LogP contribution >= 0.6 is 0 Å². The SMILES string of the molecule is [2H]c1cc(-c2cc(F)c(C([2H])([2H])[2H])cc2C)[n+](C)cc1[Si](C)(C)C. The Kier molecular flexibility index (Phi) is 2.64.